The summed E-state index contributed by atoms with van der Waals surface area (Å²) in [5, 5.41) is 12.8. The number of fused-ring (bicyclic) bond motifs is 2. The lowest BCUT2D eigenvalue weighted by atomic mass is 9.79. The zero-order valence-corrected chi connectivity index (χ0v) is 15.2. The molecule has 1 amide bonds. The number of carboxylic acid groups (broad SMARTS) is 1. The van der Waals surface area contributed by atoms with E-state index in [1.54, 1.807) is 6.07 Å². The number of nitrogens with one attached hydrogen (secondary N) is 1. The van der Waals surface area contributed by atoms with E-state index in [2.05, 4.69) is 5.32 Å². The number of hydrogen-bond donors (Lipinski definition) is 2. The minimum Gasteiger partial charge on any atom is -0.481 e. The molecule has 0 unspecified atom stereocenters. The highest BCUT2D eigenvalue weighted by Gasteiger charge is 2.54. The van der Waals surface area contributed by atoms with Gasteiger partial charge >= 0.3 is 11.9 Å². The Bertz CT molecular complexity index is 698. The number of carbonyl (C=O) groups is 3. The first kappa shape index (κ1) is 17.9. The van der Waals surface area contributed by atoms with Crippen LogP contribution in [0.2, 0.25) is 0 Å². The summed E-state index contributed by atoms with van der Waals surface area (Å²) >= 11 is 1.36. The van der Waals surface area contributed by atoms with E-state index in [1.165, 1.54) is 18.4 Å². The number of anilines is 1. The second kappa shape index (κ2) is 7.15. The molecule has 1 aromatic rings. The highest BCUT2D eigenvalue weighted by molar-refractivity contribution is 7.16. The number of methoxy groups -OCH3 is 1. The highest BCUT2D eigenvalue weighted by atomic mass is 32.1. The summed E-state index contributed by atoms with van der Waals surface area (Å²) in [5.41, 5.74) is 0.347. The van der Waals surface area contributed by atoms with Crippen molar-refractivity contribution in [3.8, 4) is 0 Å². The average Bonchev–Trinajstić information content (AvgIpc) is 3.28. The Labute approximate surface area is 150 Å². The molecule has 0 saturated heterocycles. The van der Waals surface area contributed by atoms with Crippen molar-refractivity contribution < 1.29 is 24.2 Å². The summed E-state index contributed by atoms with van der Waals surface area (Å²) in [7, 11) is 1.31. The first-order valence-electron chi connectivity index (χ1n) is 8.70. The van der Waals surface area contributed by atoms with Crippen molar-refractivity contribution in [2.75, 3.05) is 12.4 Å². The molecule has 2 fully saturated rings. The van der Waals surface area contributed by atoms with E-state index < -0.39 is 23.8 Å². The number of esters is 1. The second-order valence-electron chi connectivity index (χ2n) is 6.91. The van der Waals surface area contributed by atoms with Crippen molar-refractivity contribution in [2.24, 2.45) is 23.7 Å². The molecule has 7 heteroatoms. The van der Waals surface area contributed by atoms with Crippen molar-refractivity contribution in [3.63, 3.8) is 0 Å². The third kappa shape index (κ3) is 3.29. The smallest absolute Gasteiger partial charge is 0.340 e. The third-order valence-corrected chi connectivity index (χ3v) is 6.54. The molecule has 0 spiro atoms. The Hall–Kier alpha value is -1.89. The van der Waals surface area contributed by atoms with E-state index in [0.717, 1.165) is 37.0 Å². The van der Waals surface area contributed by atoms with E-state index in [9.17, 15) is 19.5 Å². The predicted octanol–water partition coefficient (Wildman–Crippen LogP) is 3.17. The fraction of sp³-hybridized carbons (Fsp3) is 0.611. The zero-order valence-electron chi connectivity index (χ0n) is 14.4. The van der Waals surface area contributed by atoms with Crippen LogP contribution in [0.15, 0.2) is 6.07 Å². The first-order chi connectivity index (χ1) is 12.0. The summed E-state index contributed by atoms with van der Waals surface area (Å²) in [4.78, 5) is 37.4. The Balaban J connectivity index is 1.83. The Morgan fingerprint density at radius 2 is 1.96 bits per heavy atom. The van der Waals surface area contributed by atoms with Crippen LogP contribution in [-0.2, 0) is 20.7 Å². The summed E-state index contributed by atoms with van der Waals surface area (Å²) in [6.07, 6.45) is 4.35. The van der Waals surface area contributed by atoms with Gasteiger partial charge in [-0.1, -0.05) is 13.3 Å². The summed E-state index contributed by atoms with van der Waals surface area (Å²) in [6, 6.07) is 1.76. The van der Waals surface area contributed by atoms with Gasteiger partial charge in [-0.25, -0.2) is 4.79 Å². The van der Waals surface area contributed by atoms with Crippen molar-refractivity contribution in [3.05, 3.63) is 16.5 Å². The zero-order chi connectivity index (χ0) is 18.1. The van der Waals surface area contributed by atoms with Crippen molar-refractivity contribution in [1.29, 1.82) is 0 Å². The van der Waals surface area contributed by atoms with E-state index in [-0.39, 0.29) is 17.7 Å². The van der Waals surface area contributed by atoms with Crippen molar-refractivity contribution >= 4 is 34.2 Å². The molecule has 1 aromatic heterocycles. The summed E-state index contributed by atoms with van der Waals surface area (Å²) < 4.78 is 4.81. The summed E-state index contributed by atoms with van der Waals surface area (Å²) in [6.45, 7) is 2.04. The second-order valence-corrected chi connectivity index (χ2v) is 8.05. The SMILES string of the molecule is CCCc1cc(C(=O)OC)c(NC(=O)[C@H]2[C@H]3CC[C@@H](C3)[C@@H]2C(=O)O)s1. The number of carboxylic acids is 1. The Morgan fingerprint density at radius 1 is 1.28 bits per heavy atom. The largest absolute Gasteiger partial charge is 0.481 e. The molecule has 0 aliphatic heterocycles. The van der Waals surface area contributed by atoms with Crippen LogP contribution >= 0.6 is 11.3 Å². The molecular formula is C18H23NO5S. The predicted molar refractivity (Wildman–Crippen MR) is 93.7 cm³/mol. The van der Waals surface area contributed by atoms with Crippen LogP contribution in [0, 0.1) is 23.7 Å². The van der Waals surface area contributed by atoms with Gasteiger partial charge in [0.2, 0.25) is 5.91 Å². The molecule has 2 aliphatic rings. The first-order valence-corrected chi connectivity index (χ1v) is 9.52. The maximum Gasteiger partial charge on any atom is 0.340 e. The van der Waals surface area contributed by atoms with Gasteiger partial charge in [-0.2, -0.15) is 0 Å². The number of aryl methyl sites for hydroxylation is 1. The normalized spacial score (nSPS) is 27.3. The van der Waals surface area contributed by atoms with Gasteiger partial charge in [0.1, 0.15) is 5.00 Å². The number of carbonyl (C=O) groups excluding carboxylic acids is 2. The molecule has 6 nitrogen and oxygen atoms in total. The van der Waals surface area contributed by atoms with Crippen molar-refractivity contribution in [1.82, 2.24) is 0 Å². The minimum atomic E-state index is -0.890. The minimum absolute atomic E-state index is 0.0947. The number of ether oxygens (including phenoxy) is 1. The van der Waals surface area contributed by atoms with Gasteiger partial charge in [-0.3, -0.25) is 9.59 Å². The molecule has 2 N–H and O–H groups in total. The van der Waals surface area contributed by atoms with Crippen LogP contribution in [-0.4, -0.2) is 30.1 Å². The molecule has 25 heavy (non-hydrogen) atoms. The quantitative estimate of drug-likeness (QED) is 0.755. The van der Waals surface area contributed by atoms with Gasteiger partial charge in [-0.15, -0.1) is 11.3 Å². The fourth-order valence-corrected chi connectivity index (χ4v) is 5.53. The van der Waals surface area contributed by atoms with Gasteiger partial charge < -0.3 is 15.2 Å². The number of hydrogen-bond acceptors (Lipinski definition) is 5. The molecule has 0 radical (unpaired) electrons. The van der Waals surface area contributed by atoms with Crippen LogP contribution in [0.25, 0.3) is 0 Å². The number of thiophene rings is 1. The number of rotatable bonds is 6. The van der Waals surface area contributed by atoms with Crippen LogP contribution in [0.3, 0.4) is 0 Å². The average molecular weight is 365 g/mol. The van der Waals surface area contributed by atoms with Crippen LogP contribution in [0.4, 0.5) is 5.00 Å². The Morgan fingerprint density at radius 3 is 2.56 bits per heavy atom. The molecule has 1 heterocycles. The van der Waals surface area contributed by atoms with Gasteiger partial charge in [0.15, 0.2) is 0 Å². The molecular weight excluding hydrogens is 342 g/mol. The fourth-order valence-electron chi connectivity index (χ4n) is 4.39. The molecule has 2 bridgehead atoms. The van der Waals surface area contributed by atoms with E-state index in [4.69, 9.17) is 4.74 Å². The number of aliphatic carboxylic acids is 1. The molecule has 3 rings (SSSR count). The standard InChI is InChI=1S/C18H23NO5S/c1-3-4-11-8-12(18(23)24-2)16(25-11)19-15(20)13-9-5-6-10(7-9)14(13)17(21)22/h8-10,13-14H,3-7H2,1-2H3,(H,19,20)(H,21,22)/t9-,10-,13-,14-/m0/s1. The van der Waals surface area contributed by atoms with Crippen LogP contribution < -0.4 is 5.32 Å². The van der Waals surface area contributed by atoms with Gasteiger partial charge in [0.25, 0.3) is 0 Å². The van der Waals surface area contributed by atoms with E-state index >= 15 is 0 Å². The topological polar surface area (TPSA) is 92.7 Å². The van der Waals surface area contributed by atoms with E-state index in [1.807, 2.05) is 6.92 Å². The molecule has 4 atom stereocenters. The maximum absolute atomic E-state index is 12.8. The third-order valence-electron chi connectivity index (χ3n) is 5.43. The molecule has 2 saturated carbocycles. The van der Waals surface area contributed by atoms with Gasteiger partial charge in [0.05, 0.1) is 24.5 Å². The highest BCUT2D eigenvalue weighted by Crippen LogP contribution is 2.52. The van der Waals surface area contributed by atoms with Crippen molar-refractivity contribution in [2.45, 2.75) is 39.0 Å². The molecule has 2 aliphatic carbocycles. The lowest BCUT2D eigenvalue weighted by molar-refractivity contribution is -0.148. The maximum atomic E-state index is 12.8. The summed E-state index contributed by atoms with van der Waals surface area (Å²) in [5.74, 6) is -2.57. The Kier molecular flexibility index (Phi) is 5.13. The molecule has 136 valence electrons. The molecule has 0 aromatic carbocycles. The number of amides is 1. The monoisotopic (exact) mass is 365 g/mol. The van der Waals surface area contributed by atoms with E-state index in [0.29, 0.717) is 10.6 Å². The van der Waals surface area contributed by atoms with Gasteiger partial charge in [0, 0.05) is 4.88 Å². The van der Waals surface area contributed by atoms with Crippen LogP contribution in [0.5, 0.6) is 0 Å². The lowest BCUT2D eigenvalue weighted by Gasteiger charge is -2.26. The lowest BCUT2D eigenvalue weighted by Crippen LogP contribution is -2.37. The van der Waals surface area contributed by atoms with Crippen LogP contribution in [0.1, 0.15) is 47.8 Å². The van der Waals surface area contributed by atoms with Gasteiger partial charge in [-0.05, 0) is 43.6 Å².